The van der Waals surface area contributed by atoms with Gasteiger partial charge in [0, 0.05) is 26.8 Å². The zero-order chi connectivity index (χ0) is 14.1. The lowest BCUT2D eigenvalue weighted by Crippen LogP contribution is -2.29. The molecule has 2 aromatic heterocycles. The molecule has 2 atom stereocenters. The molecule has 1 aliphatic rings. The summed E-state index contributed by atoms with van der Waals surface area (Å²) in [5.41, 5.74) is 7.14. The van der Waals surface area contributed by atoms with Crippen LogP contribution >= 0.6 is 0 Å². The van der Waals surface area contributed by atoms with E-state index in [9.17, 15) is 0 Å². The molecular formula is C12H17N5O3. The first-order valence-electron chi connectivity index (χ1n) is 6.37. The Hall–Kier alpha value is -1.77. The third-order valence-electron chi connectivity index (χ3n) is 3.45. The summed E-state index contributed by atoms with van der Waals surface area (Å²) < 4.78 is 16.1. The molecule has 0 saturated carbocycles. The highest BCUT2D eigenvalue weighted by Gasteiger charge is 2.34. The van der Waals surface area contributed by atoms with E-state index in [4.69, 9.17) is 19.9 Å². The van der Waals surface area contributed by atoms with E-state index in [0.717, 1.165) is 11.9 Å². The molecule has 8 heteroatoms. The number of methoxy groups -OCH3 is 2. The molecule has 3 rings (SSSR count). The maximum absolute atomic E-state index is 5.79. The van der Waals surface area contributed by atoms with Gasteiger partial charge in [-0.05, 0) is 6.07 Å². The molecule has 2 N–H and O–H groups in total. The molecule has 1 aliphatic heterocycles. The number of ether oxygens (including phenoxy) is 3. The van der Waals surface area contributed by atoms with E-state index in [-0.39, 0.29) is 18.4 Å². The summed E-state index contributed by atoms with van der Waals surface area (Å²) in [6.45, 7) is 0.516. The van der Waals surface area contributed by atoms with Gasteiger partial charge in [-0.3, -0.25) is 0 Å². The normalized spacial score (nSPS) is 22.9. The van der Waals surface area contributed by atoms with Gasteiger partial charge in [0.2, 0.25) is 0 Å². The van der Waals surface area contributed by atoms with E-state index in [0.29, 0.717) is 17.9 Å². The van der Waals surface area contributed by atoms with Crippen molar-refractivity contribution in [2.75, 3.05) is 26.6 Å². The number of nitrogens with zero attached hydrogens (tertiary/aromatic N) is 4. The molecule has 0 aromatic carbocycles. The van der Waals surface area contributed by atoms with Crippen molar-refractivity contribution < 1.29 is 14.2 Å². The number of hydrogen-bond acceptors (Lipinski definition) is 7. The van der Waals surface area contributed by atoms with Crippen LogP contribution < -0.4 is 5.73 Å². The number of fused-ring (bicyclic) bond motifs is 1. The zero-order valence-electron chi connectivity index (χ0n) is 11.4. The van der Waals surface area contributed by atoms with Gasteiger partial charge in [-0.1, -0.05) is 0 Å². The highest BCUT2D eigenvalue weighted by Crippen LogP contribution is 2.27. The second kappa shape index (κ2) is 5.31. The van der Waals surface area contributed by atoms with Crippen molar-refractivity contribution in [3.63, 3.8) is 0 Å². The van der Waals surface area contributed by atoms with Gasteiger partial charge in [0.1, 0.15) is 11.6 Å². The quantitative estimate of drug-likeness (QED) is 0.807. The molecule has 0 amide bonds. The van der Waals surface area contributed by atoms with Crippen molar-refractivity contribution in [1.29, 1.82) is 0 Å². The average molecular weight is 279 g/mol. The smallest absolute Gasteiger partial charge is 0.183 e. The third kappa shape index (κ3) is 2.21. The molecule has 1 fully saturated rings. The second-order valence-corrected chi connectivity index (χ2v) is 4.69. The van der Waals surface area contributed by atoms with E-state index >= 15 is 0 Å². The number of hydrogen-bond donors (Lipinski definition) is 1. The van der Waals surface area contributed by atoms with E-state index in [1.807, 2.05) is 0 Å². The van der Waals surface area contributed by atoms with Crippen LogP contribution in [-0.4, -0.2) is 53.2 Å². The van der Waals surface area contributed by atoms with Crippen molar-refractivity contribution in [3.05, 3.63) is 12.3 Å². The molecule has 20 heavy (non-hydrogen) atoms. The second-order valence-electron chi connectivity index (χ2n) is 4.69. The molecule has 3 heterocycles. The van der Waals surface area contributed by atoms with Crippen molar-refractivity contribution in [2.24, 2.45) is 0 Å². The lowest BCUT2D eigenvalue weighted by molar-refractivity contribution is -0.167. The first kappa shape index (κ1) is 13.2. The Balaban J connectivity index is 1.81. The number of pyridine rings is 1. The maximum Gasteiger partial charge on any atom is 0.183 e. The van der Waals surface area contributed by atoms with E-state index in [2.05, 4.69) is 15.2 Å². The van der Waals surface area contributed by atoms with Crippen LogP contribution in [0.25, 0.3) is 11.0 Å². The Kier molecular flexibility index (Phi) is 3.51. The summed E-state index contributed by atoms with van der Waals surface area (Å²) >= 11 is 0. The molecule has 0 aliphatic carbocycles. The van der Waals surface area contributed by atoms with Crippen LogP contribution in [0.4, 0.5) is 5.82 Å². The SMILES string of the molecule is COC(OC)[C@H]1C[C@@H](n2nc3ccnc(N)c3n2)CO1. The van der Waals surface area contributed by atoms with Crippen molar-refractivity contribution >= 4 is 16.9 Å². The van der Waals surface area contributed by atoms with E-state index < -0.39 is 0 Å². The van der Waals surface area contributed by atoms with Gasteiger partial charge in [0.25, 0.3) is 0 Å². The minimum absolute atomic E-state index is 0.0413. The highest BCUT2D eigenvalue weighted by atomic mass is 16.7. The Morgan fingerprint density at radius 2 is 2.20 bits per heavy atom. The molecule has 8 nitrogen and oxygen atoms in total. The van der Waals surface area contributed by atoms with Crippen LogP contribution in [0.1, 0.15) is 12.5 Å². The Morgan fingerprint density at radius 3 is 2.90 bits per heavy atom. The summed E-state index contributed by atoms with van der Waals surface area (Å²) in [6, 6.07) is 1.83. The van der Waals surface area contributed by atoms with Crippen LogP contribution in [0.3, 0.4) is 0 Å². The number of anilines is 1. The van der Waals surface area contributed by atoms with Gasteiger partial charge in [0.15, 0.2) is 17.6 Å². The first-order valence-corrected chi connectivity index (χ1v) is 6.37. The predicted molar refractivity (Wildman–Crippen MR) is 70.9 cm³/mol. The Bertz CT molecular complexity index is 598. The fourth-order valence-electron chi connectivity index (χ4n) is 2.43. The van der Waals surface area contributed by atoms with E-state index in [1.165, 1.54) is 0 Å². The summed E-state index contributed by atoms with van der Waals surface area (Å²) in [5.74, 6) is 0.385. The molecule has 0 bridgehead atoms. The highest BCUT2D eigenvalue weighted by molar-refractivity contribution is 5.83. The number of aromatic nitrogens is 4. The van der Waals surface area contributed by atoms with Crippen LogP contribution in [0.15, 0.2) is 12.3 Å². The predicted octanol–water partition coefficient (Wildman–Crippen LogP) is 0.357. The monoisotopic (exact) mass is 279 g/mol. The zero-order valence-corrected chi connectivity index (χ0v) is 11.4. The lowest BCUT2D eigenvalue weighted by atomic mass is 10.2. The van der Waals surface area contributed by atoms with Gasteiger partial charge in [0.05, 0.1) is 12.6 Å². The summed E-state index contributed by atoms with van der Waals surface area (Å²) in [7, 11) is 3.19. The topological polar surface area (TPSA) is 97.3 Å². The van der Waals surface area contributed by atoms with Crippen LogP contribution in [0.2, 0.25) is 0 Å². The van der Waals surface area contributed by atoms with Gasteiger partial charge >= 0.3 is 0 Å². The largest absolute Gasteiger partial charge is 0.382 e. The fraction of sp³-hybridized carbons (Fsp3) is 0.583. The number of nitrogens with two attached hydrogens (primary N) is 1. The standard InChI is InChI=1S/C12H17N5O3/c1-18-12(19-2)9-5-7(6-20-9)17-15-8-3-4-14-11(13)10(8)16-17/h3-4,7,9,12H,5-6H2,1-2H3,(H2,13,14)/t7-,9-/m1/s1. The van der Waals surface area contributed by atoms with Gasteiger partial charge in [-0.25, -0.2) is 4.98 Å². The minimum atomic E-state index is -0.378. The lowest BCUT2D eigenvalue weighted by Gasteiger charge is -2.19. The average Bonchev–Trinajstić information content (AvgIpc) is 3.07. The molecule has 2 aromatic rings. The van der Waals surface area contributed by atoms with Crippen LogP contribution in [0, 0.1) is 0 Å². The van der Waals surface area contributed by atoms with Crippen LogP contribution in [-0.2, 0) is 14.2 Å². The van der Waals surface area contributed by atoms with Crippen molar-refractivity contribution in [2.45, 2.75) is 24.9 Å². The first-order chi connectivity index (χ1) is 9.72. The molecular weight excluding hydrogens is 262 g/mol. The van der Waals surface area contributed by atoms with Gasteiger partial charge in [-0.2, -0.15) is 9.90 Å². The van der Waals surface area contributed by atoms with Crippen LogP contribution in [0.5, 0.6) is 0 Å². The molecule has 0 spiro atoms. The third-order valence-corrected chi connectivity index (χ3v) is 3.45. The molecule has 108 valence electrons. The van der Waals surface area contributed by atoms with E-state index in [1.54, 1.807) is 31.3 Å². The number of rotatable bonds is 4. The Labute approximate surface area is 115 Å². The minimum Gasteiger partial charge on any atom is -0.382 e. The number of nitrogen functional groups attached to an aromatic ring is 1. The Morgan fingerprint density at radius 1 is 1.40 bits per heavy atom. The van der Waals surface area contributed by atoms with Crippen molar-refractivity contribution in [3.8, 4) is 0 Å². The summed E-state index contributed by atoms with van der Waals surface area (Å²) in [4.78, 5) is 5.65. The molecule has 1 saturated heterocycles. The molecule has 0 radical (unpaired) electrons. The van der Waals surface area contributed by atoms with Gasteiger partial charge in [-0.15, -0.1) is 5.10 Å². The summed E-state index contributed by atoms with van der Waals surface area (Å²) in [5, 5.41) is 8.82. The summed E-state index contributed by atoms with van der Waals surface area (Å²) in [6.07, 6.45) is 1.84. The molecule has 0 unspecified atom stereocenters. The van der Waals surface area contributed by atoms with Gasteiger partial charge < -0.3 is 19.9 Å². The maximum atomic E-state index is 5.79. The fourth-order valence-corrected chi connectivity index (χ4v) is 2.43. The van der Waals surface area contributed by atoms with Crippen molar-refractivity contribution in [1.82, 2.24) is 20.0 Å².